The average molecular weight is 342 g/mol. The van der Waals surface area contributed by atoms with E-state index < -0.39 is 5.97 Å². The first kappa shape index (κ1) is 17.2. The predicted molar refractivity (Wildman–Crippen MR) is 92.7 cm³/mol. The quantitative estimate of drug-likeness (QED) is 0.700. The number of rotatable bonds is 6. The molecule has 1 aromatic carbocycles. The van der Waals surface area contributed by atoms with Gasteiger partial charge < -0.3 is 9.52 Å². The fraction of sp³-hybridized carbons (Fsp3) is 0.368. The van der Waals surface area contributed by atoms with E-state index in [1.807, 2.05) is 12.1 Å². The minimum absolute atomic E-state index is 0.0516. The van der Waals surface area contributed by atoms with Gasteiger partial charge in [-0.2, -0.15) is 0 Å². The lowest BCUT2D eigenvalue weighted by Gasteiger charge is -2.20. The van der Waals surface area contributed by atoms with Crippen molar-refractivity contribution < 1.29 is 19.1 Å². The summed E-state index contributed by atoms with van der Waals surface area (Å²) in [6.45, 7) is 0.395. The molecule has 0 saturated heterocycles. The van der Waals surface area contributed by atoms with Crippen LogP contribution in [0, 0.1) is 5.92 Å². The maximum atomic E-state index is 12.0. The van der Waals surface area contributed by atoms with Gasteiger partial charge in [-0.3, -0.25) is 10.2 Å². The second-order valence-corrected chi connectivity index (χ2v) is 6.33. The molecular formula is C19H22N2O4. The van der Waals surface area contributed by atoms with Gasteiger partial charge in [-0.15, -0.1) is 0 Å². The van der Waals surface area contributed by atoms with Crippen LogP contribution in [0.4, 0.5) is 0 Å². The number of benzene rings is 1. The van der Waals surface area contributed by atoms with Gasteiger partial charge in [0.2, 0.25) is 5.91 Å². The molecule has 0 aliphatic heterocycles. The second kappa shape index (κ2) is 7.98. The fourth-order valence-corrected chi connectivity index (χ4v) is 3.09. The highest BCUT2D eigenvalue weighted by Crippen LogP contribution is 2.24. The Kier molecular flexibility index (Phi) is 5.50. The molecule has 0 spiro atoms. The summed E-state index contributed by atoms with van der Waals surface area (Å²) in [5.74, 6) is 0.565. The van der Waals surface area contributed by atoms with Crippen molar-refractivity contribution in [3.63, 3.8) is 0 Å². The van der Waals surface area contributed by atoms with E-state index in [9.17, 15) is 9.59 Å². The Morgan fingerprint density at radius 3 is 2.44 bits per heavy atom. The standard InChI is InChI=1S/C19H22N2O4/c22-18(14-4-2-1-3-5-14)21-20-12-16-10-11-17(25-16)13-6-8-15(9-7-13)19(23)24/h6-11,14,20H,1-5,12H2,(H,21,22)(H,23,24). The van der Waals surface area contributed by atoms with Gasteiger partial charge in [0.25, 0.3) is 0 Å². The summed E-state index contributed by atoms with van der Waals surface area (Å²) < 4.78 is 5.74. The topological polar surface area (TPSA) is 91.6 Å². The lowest BCUT2D eigenvalue weighted by Crippen LogP contribution is -2.41. The minimum atomic E-state index is -0.954. The summed E-state index contributed by atoms with van der Waals surface area (Å²) in [5.41, 5.74) is 6.72. The van der Waals surface area contributed by atoms with Gasteiger partial charge in [-0.1, -0.05) is 31.4 Å². The number of aromatic carboxylic acids is 1. The third-order valence-electron chi connectivity index (χ3n) is 4.53. The smallest absolute Gasteiger partial charge is 0.335 e. The van der Waals surface area contributed by atoms with E-state index in [2.05, 4.69) is 10.9 Å². The molecule has 25 heavy (non-hydrogen) atoms. The van der Waals surface area contributed by atoms with Crippen molar-refractivity contribution >= 4 is 11.9 Å². The van der Waals surface area contributed by atoms with E-state index in [4.69, 9.17) is 9.52 Å². The van der Waals surface area contributed by atoms with E-state index in [0.717, 1.165) is 31.2 Å². The maximum absolute atomic E-state index is 12.0. The number of carboxylic acid groups (broad SMARTS) is 1. The van der Waals surface area contributed by atoms with Crippen LogP contribution in [0.5, 0.6) is 0 Å². The summed E-state index contributed by atoms with van der Waals surface area (Å²) in [5, 5.41) is 8.92. The highest BCUT2D eigenvalue weighted by atomic mass is 16.4. The predicted octanol–water partition coefficient (Wildman–Crippen LogP) is 3.35. The van der Waals surface area contributed by atoms with Gasteiger partial charge in [0, 0.05) is 11.5 Å². The molecule has 6 nitrogen and oxygen atoms in total. The number of furan rings is 1. The number of hydrogen-bond acceptors (Lipinski definition) is 4. The number of amides is 1. The second-order valence-electron chi connectivity index (χ2n) is 6.33. The van der Waals surface area contributed by atoms with Crippen molar-refractivity contribution in [2.24, 2.45) is 5.92 Å². The third kappa shape index (κ3) is 4.48. The fourth-order valence-electron chi connectivity index (χ4n) is 3.09. The van der Waals surface area contributed by atoms with E-state index >= 15 is 0 Å². The van der Waals surface area contributed by atoms with E-state index in [-0.39, 0.29) is 17.4 Å². The van der Waals surface area contributed by atoms with E-state index in [0.29, 0.717) is 18.1 Å². The summed E-state index contributed by atoms with van der Waals surface area (Å²) in [7, 11) is 0. The largest absolute Gasteiger partial charge is 0.478 e. The molecule has 3 rings (SSSR count). The molecule has 1 aliphatic rings. The van der Waals surface area contributed by atoms with Gasteiger partial charge >= 0.3 is 5.97 Å². The van der Waals surface area contributed by atoms with Crippen LogP contribution < -0.4 is 10.9 Å². The van der Waals surface area contributed by atoms with Gasteiger partial charge in [-0.25, -0.2) is 10.2 Å². The summed E-state index contributed by atoms with van der Waals surface area (Å²) in [6.07, 6.45) is 5.40. The molecule has 6 heteroatoms. The summed E-state index contributed by atoms with van der Waals surface area (Å²) >= 11 is 0. The normalized spacial score (nSPS) is 15.0. The maximum Gasteiger partial charge on any atom is 0.335 e. The Labute approximate surface area is 146 Å². The van der Waals surface area contributed by atoms with Crippen molar-refractivity contribution in [1.82, 2.24) is 10.9 Å². The lowest BCUT2D eigenvalue weighted by atomic mass is 9.89. The van der Waals surface area contributed by atoms with Gasteiger partial charge in [0.1, 0.15) is 11.5 Å². The summed E-state index contributed by atoms with van der Waals surface area (Å²) in [6, 6.07) is 10.2. The molecule has 3 N–H and O–H groups in total. The zero-order valence-electron chi connectivity index (χ0n) is 14.0. The molecule has 1 amide bonds. The Hall–Kier alpha value is -2.60. The van der Waals surface area contributed by atoms with Crippen molar-refractivity contribution in [2.75, 3.05) is 0 Å². The van der Waals surface area contributed by atoms with Crippen LogP contribution >= 0.6 is 0 Å². The minimum Gasteiger partial charge on any atom is -0.478 e. The molecule has 1 aromatic heterocycles. The SMILES string of the molecule is O=C(O)c1ccc(-c2ccc(CNNC(=O)C3CCCCC3)o2)cc1. The first-order chi connectivity index (χ1) is 12.1. The Balaban J connectivity index is 1.51. The van der Waals surface area contributed by atoms with Crippen molar-refractivity contribution in [1.29, 1.82) is 0 Å². The Morgan fingerprint density at radius 1 is 1.04 bits per heavy atom. The number of nitrogens with one attached hydrogen (secondary N) is 2. The van der Waals surface area contributed by atoms with Crippen LogP contribution in [0.15, 0.2) is 40.8 Å². The average Bonchev–Trinajstić information content (AvgIpc) is 3.11. The van der Waals surface area contributed by atoms with Gasteiger partial charge in [0.05, 0.1) is 12.1 Å². The van der Waals surface area contributed by atoms with Gasteiger partial charge in [0.15, 0.2) is 0 Å². The highest BCUT2D eigenvalue weighted by Gasteiger charge is 2.20. The summed E-state index contributed by atoms with van der Waals surface area (Å²) in [4.78, 5) is 22.9. The van der Waals surface area contributed by atoms with Crippen LogP contribution in [0.3, 0.4) is 0 Å². The molecule has 132 valence electrons. The molecule has 0 radical (unpaired) electrons. The number of hydrazine groups is 1. The van der Waals surface area contributed by atoms with Crippen LogP contribution in [-0.2, 0) is 11.3 Å². The molecule has 1 fully saturated rings. The molecular weight excluding hydrogens is 320 g/mol. The first-order valence-electron chi connectivity index (χ1n) is 8.58. The van der Waals surface area contributed by atoms with Crippen LogP contribution in [0.1, 0.15) is 48.2 Å². The molecule has 2 aromatic rings. The van der Waals surface area contributed by atoms with Crippen LogP contribution in [0.2, 0.25) is 0 Å². The Morgan fingerprint density at radius 2 is 1.76 bits per heavy atom. The molecule has 0 bridgehead atoms. The zero-order valence-corrected chi connectivity index (χ0v) is 14.0. The van der Waals surface area contributed by atoms with Crippen LogP contribution in [0.25, 0.3) is 11.3 Å². The molecule has 1 saturated carbocycles. The monoisotopic (exact) mass is 342 g/mol. The van der Waals surface area contributed by atoms with Gasteiger partial charge in [-0.05, 0) is 37.1 Å². The number of carboxylic acids is 1. The number of carbonyl (C=O) groups is 2. The number of hydrogen-bond donors (Lipinski definition) is 3. The molecule has 0 atom stereocenters. The lowest BCUT2D eigenvalue weighted by molar-refractivity contribution is -0.127. The van der Waals surface area contributed by atoms with Crippen LogP contribution in [-0.4, -0.2) is 17.0 Å². The van der Waals surface area contributed by atoms with Crippen molar-refractivity contribution in [2.45, 2.75) is 38.6 Å². The van der Waals surface area contributed by atoms with E-state index in [1.165, 1.54) is 6.42 Å². The van der Waals surface area contributed by atoms with E-state index in [1.54, 1.807) is 24.3 Å². The first-order valence-corrected chi connectivity index (χ1v) is 8.58. The zero-order chi connectivity index (χ0) is 17.6. The third-order valence-corrected chi connectivity index (χ3v) is 4.53. The number of carbonyl (C=O) groups excluding carboxylic acids is 1. The highest BCUT2D eigenvalue weighted by molar-refractivity contribution is 5.88. The molecule has 1 aliphatic carbocycles. The van der Waals surface area contributed by atoms with Crippen molar-refractivity contribution in [3.8, 4) is 11.3 Å². The van der Waals surface area contributed by atoms with Crippen molar-refractivity contribution in [3.05, 3.63) is 47.7 Å². The molecule has 0 unspecified atom stereocenters. The Bertz CT molecular complexity index is 730. The molecule has 1 heterocycles.